The highest BCUT2D eigenvalue weighted by Gasteiger charge is 2.37. The summed E-state index contributed by atoms with van der Waals surface area (Å²) in [4.78, 5) is 12.9. The molecule has 0 radical (unpaired) electrons. The van der Waals surface area contributed by atoms with Crippen molar-refractivity contribution in [3.05, 3.63) is 0 Å². The van der Waals surface area contributed by atoms with Gasteiger partial charge in [-0.2, -0.15) is 0 Å². The van der Waals surface area contributed by atoms with Crippen LogP contribution in [0.4, 0.5) is 0 Å². The lowest BCUT2D eigenvalue weighted by Gasteiger charge is -2.41. The van der Waals surface area contributed by atoms with Crippen molar-refractivity contribution in [1.82, 2.24) is 5.32 Å². The van der Waals surface area contributed by atoms with Gasteiger partial charge in [0.05, 0.1) is 6.04 Å². The van der Waals surface area contributed by atoms with E-state index in [1.54, 1.807) is 0 Å². The maximum absolute atomic E-state index is 12.9. The van der Waals surface area contributed by atoms with E-state index in [2.05, 4.69) is 39.9 Å². The molecular formula is C22H45NO. The van der Waals surface area contributed by atoms with E-state index in [0.717, 1.165) is 6.42 Å². The topological polar surface area (TPSA) is 29.1 Å². The van der Waals surface area contributed by atoms with Crippen molar-refractivity contribution in [1.29, 1.82) is 0 Å². The average Bonchev–Trinajstić information content (AvgIpc) is 2.44. The van der Waals surface area contributed by atoms with E-state index in [1.165, 1.54) is 38.5 Å². The molecule has 1 aliphatic carbocycles. The molecule has 2 nitrogen and oxygen atoms in total. The first kappa shape index (κ1) is 23.6. The van der Waals surface area contributed by atoms with Crippen molar-refractivity contribution in [2.45, 2.75) is 119 Å². The van der Waals surface area contributed by atoms with Crippen LogP contribution in [0.5, 0.6) is 0 Å². The van der Waals surface area contributed by atoms with Gasteiger partial charge in [-0.05, 0) is 64.2 Å². The molecule has 0 aromatic carbocycles. The van der Waals surface area contributed by atoms with E-state index >= 15 is 0 Å². The third-order valence-corrected chi connectivity index (χ3v) is 5.90. The van der Waals surface area contributed by atoms with Crippen molar-refractivity contribution < 1.29 is 4.79 Å². The molecule has 1 rings (SSSR count). The Morgan fingerprint density at radius 1 is 1.04 bits per heavy atom. The second-order valence-corrected chi connectivity index (χ2v) is 9.95. The van der Waals surface area contributed by atoms with Crippen LogP contribution < -0.4 is 5.32 Å². The molecule has 0 aliphatic heterocycles. The number of carbonyl (C=O) groups excluding carboxylic acids is 1. The smallest absolute Gasteiger partial charge is 0.155 e. The van der Waals surface area contributed by atoms with E-state index < -0.39 is 0 Å². The summed E-state index contributed by atoms with van der Waals surface area (Å²) in [6.45, 7) is 17.3. The highest BCUT2D eigenvalue weighted by molar-refractivity contribution is 5.88. The van der Waals surface area contributed by atoms with Crippen molar-refractivity contribution in [2.75, 3.05) is 0 Å². The Bertz CT molecular complexity index is 372. The minimum atomic E-state index is -0.270. The van der Waals surface area contributed by atoms with Gasteiger partial charge in [0.2, 0.25) is 0 Å². The number of rotatable bonds is 6. The van der Waals surface area contributed by atoms with Gasteiger partial charge in [0, 0.05) is 11.0 Å². The Balaban J connectivity index is 0.00000529. The van der Waals surface area contributed by atoms with E-state index in [1.807, 2.05) is 20.8 Å². The van der Waals surface area contributed by atoms with Gasteiger partial charge in [-0.25, -0.2) is 0 Å². The first-order valence-electron chi connectivity index (χ1n) is 9.74. The van der Waals surface area contributed by atoms with Crippen LogP contribution in [0.2, 0.25) is 0 Å². The highest BCUT2D eigenvalue weighted by atomic mass is 16.1. The zero-order valence-corrected chi connectivity index (χ0v) is 17.0. The molecule has 0 bridgehead atoms. The summed E-state index contributed by atoms with van der Waals surface area (Å²) >= 11 is 0. The summed E-state index contributed by atoms with van der Waals surface area (Å²) in [6.07, 6.45) is 8.90. The quantitative estimate of drug-likeness (QED) is 0.608. The van der Waals surface area contributed by atoms with Crippen molar-refractivity contribution >= 4 is 5.78 Å². The summed E-state index contributed by atoms with van der Waals surface area (Å²) in [5.41, 5.74) is 0.294. The Kier molecular flexibility index (Phi) is 8.69. The third kappa shape index (κ3) is 6.86. The second kappa shape index (κ2) is 8.83. The number of Topliss-reactive ketones (excluding diaryl/α,β-unsaturated/α-hetero) is 1. The lowest BCUT2D eigenvalue weighted by atomic mass is 9.66. The molecule has 24 heavy (non-hydrogen) atoms. The molecule has 1 aliphatic rings. The van der Waals surface area contributed by atoms with Crippen LogP contribution in [0.1, 0.15) is 108 Å². The lowest BCUT2D eigenvalue weighted by molar-refractivity contribution is -0.129. The number of hydrogen-bond donors (Lipinski definition) is 1. The highest BCUT2D eigenvalue weighted by Crippen LogP contribution is 2.45. The van der Waals surface area contributed by atoms with Gasteiger partial charge in [-0.1, -0.05) is 54.9 Å². The molecule has 0 aromatic rings. The van der Waals surface area contributed by atoms with E-state index in [4.69, 9.17) is 0 Å². The molecular weight excluding hydrogens is 294 g/mol. The summed E-state index contributed by atoms with van der Waals surface area (Å²) in [7, 11) is 0. The predicted molar refractivity (Wildman–Crippen MR) is 107 cm³/mol. The first-order valence-corrected chi connectivity index (χ1v) is 9.74. The standard InChI is InChI=1S/C21H41NO.CH4/c1-9-21(10-2)13-11-16(12-14-21)15-17(22-20(6,7)8)18(23)19(3,4)5;/h16-17,22H,9-15H2,1-8H3;1H4. The Morgan fingerprint density at radius 2 is 1.50 bits per heavy atom. The van der Waals surface area contributed by atoms with Crippen molar-refractivity contribution in [2.24, 2.45) is 16.7 Å². The van der Waals surface area contributed by atoms with Gasteiger partial charge >= 0.3 is 0 Å². The zero-order chi connectivity index (χ0) is 17.9. The van der Waals surface area contributed by atoms with Gasteiger partial charge in [-0.15, -0.1) is 0 Å². The van der Waals surface area contributed by atoms with Crippen molar-refractivity contribution in [3.8, 4) is 0 Å². The fraction of sp³-hybridized carbons (Fsp3) is 0.955. The minimum absolute atomic E-state index is 0. The predicted octanol–water partition coefficient (Wildman–Crippen LogP) is 6.38. The summed E-state index contributed by atoms with van der Waals surface area (Å²) in [5.74, 6) is 1.07. The molecule has 0 spiro atoms. The molecule has 0 amide bonds. The number of nitrogens with one attached hydrogen (secondary N) is 1. The molecule has 144 valence electrons. The maximum atomic E-state index is 12.9. The molecule has 0 aromatic heterocycles. The van der Waals surface area contributed by atoms with Crippen LogP contribution in [-0.2, 0) is 4.79 Å². The van der Waals surface area contributed by atoms with Crippen LogP contribution in [0.3, 0.4) is 0 Å². The number of hydrogen-bond acceptors (Lipinski definition) is 2. The molecule has 1 atom stereocenters. The molecule has 2 heteroatoms. The largest absolute Gasteiger partial charge is 0.303 e. The average molecular weight is 340 g/mol. The van der Waals surface area contributed by atoms with Crippen LogP contribution in [0.25, 0.3) is 0 Å². The van der Waals surface area contributed by atoms with E-state index in [0.29, 0.717) is 17.1 Å². The fourth-order valence-corrected chi connectivity index (χ4v) is 4.09. The maximum Gasteiger partial charge on any atom is 0.155 e. The third-order valence-electron chi connectivity index (χ3n) is 5.90. The Hall–Kier alpha value is -0.370. The molecule has 0 saturated heterocycles. The van der Waals surface area contributed by atoms with Gasteiger partial charge in [0.1, 0.15) is 0 Å². The summed E-state index contributed by atoms with van der Waals surface area (Å²) in [6, 6.07) is -0.00393. The van der Waals surface area contributed by atoms with Gasteiger partial charge < -0.3 is 5.32 Å². The number of carbonyl (C=O) groups is 1. The molecule has 1 unspecified atom stereocenters. The molecule has 0 heterocycles. The second-order valence-electron chi connectivity index (χ2n) is 9.95. The molecule has 1 N–H and O–H groups in total. The van der Waals surface area contributed by atoms with Crippen molar-refractivity contribution in [3.63, 3.8) is 0 Å². The monoisotopic (exact) mass is 339 g/mol. The summed E-state index contributed by atoms with van der Waals surface area (Å²) < 4.78 is 0. The molecule has 1 saturated carbocycles. The van der Waals surface area contributed by atoms with Crippen LogP contribution in [0, 0.1) is 16.7 Å². The van der Waals surface area contributed by atoms with E-state index in [-0.39, 0.29) is 24.4 Å². The normalized spacial score (nSPS) is 20.3. The lowest BCUT2D eigenvalue weighted by Crippen LogP contribution is -2.51. The van der Waals surface area contributed by atoms with Gasteiger partial charge in [-0.3, -0.25) is 4.79 Å². The van der Waals surface area contributed by atoms with Gasteiger partial charge in [0.15, 0.2) is 5.78 Å². The summed E-state index contributed by atoms with van der Waals surface area (Å²) in [5, 5.41) is 3.61. The van der Waals surface area contributed by atoms with Gasteiger partial charge in [0.25, 0.3) is 0 Å². The van der Waals surface area contributed by atoms with E-state index in [9.17, 15) is 4.79 Å². The van der Waals surface area contributed by atoms with Crippen LogP contribution >= 0.6 is 0 Å². The Morgan fingerprint density at radius 3 is 1.83 bits per heavy atom. The number of ketones is 1. The minimum Gasteiger partial charge on any atom is -0.303 e. The molecule has 1 fully saturated rings. The SMILES string of the molecule is C.CCC1(CC)CCC(CC(NC(C)(C)C)C(=O)C(C)(C)C)CC1. The fourth-order valence-electron chi connectivity index (χ4n) is 4.09. The Labute approximate surface area is 152 Å². The first-order chi connectivity index (χ1) is 10.4. The zero-order valence-electron chi connectivity index (χ0n) is 17.0. The van der Waals surface area contributed by atoms with Crippen LogP contribution in [-0.4, -0.2) is 17.4 Å². The van der Waals surface area contributed by atoms with Crippen LogP contribution in [0.15, 0.2) is 0 Å².